The van der Waals surface area contributed by atoms with Crippen molar-refractivity contribution in [2.75, 3.05) is 6.54 Å². The summed E-state index contributed by atoms with van der Waals surface area (Å²) in [6, 6.07) is 19.4. The number of carbonyl (C=O) groups is 1. The first-order valence-electron chi connectivity index (χ1n) is 10.4. The second kappa shape index (κ2) is 10.9. The quantitative estimate of drug-likeness (QED) is 0.553. The van der Waals surface area contributed by atoms with Crippen LogP contribution in [0.2, 0.25) is 0 Å². The summed E-state index contributed by atoms with van der Waals surface area (Å²) in [5.41, 5.74) is 3.90. The molecule has 2 rings (SSSR count). The van der Waals surface area contributed by atoms with Gasteiger partial charge in [0, 0.05) is 18.9 Å². The lowest BCUT2D eigenvalue weighted by atomic mass is 9.89. The molecule has 146 valence electrons. The SMILES string of the molecule is CC(C)CCCC(=O)NCC(c1ccccc1)c1cccc(CC(C)C)c1. The highest BCUT2D eigenvalue weighted by Crippen LogP contribution is 2.25. The van der Waals surface area contributed by atoms with E-state index in [9.17, 15) is 4.79 Å². The Kier molecular flexibility index (Phi) is 8.57. The van der Waals surface area contributed by atoms with E-state index in [0.717, 1.165) is 19.3 Å². The molecule has 27 heavy (non-hydrogen) atoms. The van der Waals surface area contributed by atoms with Crippen molar-refractivity contribution >= 4 is 5.91 Å². The van der Waals surface area contributed by atoms with Gasteiger partial charge in [0.15, 0.2) is 0 Å². The monoisotopic (exact) mass is 365 g/mol. The molecule has 0 heterocycles. The topological polar surface area (TPSA) is 29.1 Å². The van der Waals surface area contributed by atoms with Gasteiger partial charge in [0.1, 0.15) is 0 Å². The van der Waals surface area contributed by atoms with Crippen molar-refractivity contribution in [2.24, 2.45) is 11.8 Å². The highest BCUT2D eigenvalue weighted by Gasteiger charge is 2.16. The highest BCUT2D eigenvalue weighted by atomic mass is 16.1. The first-order valence-corrected chi connectivity index (χ1v) is 10.4. The first-order chi connectivity index (χ1) is 13.0. The Morgan fingerprint density at radius 3 is 2.26 bits per heavy atom. The molecule has 0 aromatic heterocycles. The smallest absolute Gasteiger partial charge is 0.220 e. The Morgan fingerprint density at radius 2 is 1.59 bits per heavy atom. The molecule has 0 aliphatic rings. The fraction of sp³-hybridized carbons (Fsp3) is 0.480. The third-order valence-corrected chi connectivity index (χ3v) is 4.89. The molecular formula is C25H35NO. The largest absolute Gasteiger partial charge is 0.355 e. The van der Waals surface area contributed by atoms with Crippen molar-refractivity contribution in [1.82, 2.24) is 5.32 Å². The molecule has 0 aliphatic heterocycles. The summed E-state index contributed by atoms with van der Waals surface area (Å²) < 4.78 is 0. The summed E-state index contributed by atoms with van der Waals surface area (Å²) in [6.45, 7) is 9.55. The van der Waals surface area contributed by atoms with Crippen LogP contribution < -0.4 is 5.32 Å². The van der Waals surface area contributed by atoms with Crippen molar-refractivity contribution < 1.29 is 4.79 Å². The number of rotatable bonds is 10. The van der Waals surface area contributed by atoms with Crippen LogP contribution in [-0.4, -0.2) is 12.5 Å². The van der Waals surface area contributed by atoms with E-state index in [4.69, 9.17) is 0 Å². The molecule has 1 atom stereocenters. The summed E-state index contributed by atoms with van der Waals surface area (Å²) in [6.07, 6.45) is 3.76. The number of amides is 1. The molecule has 2 nitrogen and oxygen atoms in total. The van der Waals surface area contributed by atoms with Crippen molar-refractivity contribution in [3.05, 3.63) is 71.3 Å². The Labute approximate surface area is 165 Å². The average molecular weight is 366 g/mol. The van der Waals surface area contributed by atoms with Gasteiger partial charge in [-0.3, -0.25) is 4.79 Å². The van der Waals surface area contributed by atoms with Gasteiger partial charge < -0.3 is 5.32 Å². The lowest BCUT2D eigenvalue weighted by Crippen LogP contribution is -2.28. The van der Waals surface area contributed by atoms with Gasteiger partial charge in [-0.05, 0) is 41.4 Å². The van der Waals surface area contributed by atoms with Crippen LogP contribution in [0.25, 0.3) is 0 Å². The van der Waals surface area contributed by atoms with Crippen LogP contribution in [-0.2, 0) is 11.2 Å². The van der Waals surface area contributed by atoms with E-state index in [1.165, 1.54) is 16.7 Å². The molecular weight excluding hydrogens is 330 g/mol. The lowest BCUT2D eigenvalue weighted by Gasteiger charge is -2.20. The van der Waals surface area contributed by atoms with E-state index in [2.05, 4.69) is 81.5 Å². The molecule has 1 N–H and O–H groups in total. The first kappa shape index (κ1) is 21.2. The maximum atomic E-state index is 12.3. The molecule has 2 aromatic carbocycles. The maximum absolute atomic E-state index is 12.3. The fourth-order valence-corrected chi connectivity index (χ4v) is 3.50. The molecule has 0 bridgehead atoms. The lowest BCUT2D eigenvalue weighted by molar-refractivity contribution is -0.121. The van der Waals surface area contributed by atoms with Crippen molar-refractivity contribution in [3.8, 4) is 0 Å². The normalized spacial score (nSPS) is 12.4. The van der Waals surface area contributed by atoms with Crippen LogP contribution in [0.1, 0.15) is 69.6 Å². The van der Waals surface area contributed by atoms with Gasteiger partial charge in [0.25, 0.3) is 0 Å². The molecule has 1 amide bonds. The molecule has 2 heteroatoms. The zero-order chi connectivity index (χ0) is 19.6. The minimum atomic E-state index is 0.162. The van der Waals surface area contributed by atoms with E-state index in [-0.39, 0.29) is 11.8 Å². The van der Waals surface area contributed by atoms with Gasteiger partial charge >= 0.3 is 0 Å². The van der Waals surface area contributed by atoms with Crippen LogP contribution in [0.5, 0.6) is 0 Å². The number of benzene rings is 2. The predicted octanol–water partition coefficient (Wildman–Crippen LogP) is 5.96. The van der Waals surface area contributed by atoms with Gasteiger partial charge in [-0.15, -0.1) is 0 Å². The predicted molar refractivity (Wildman–Crippen MR) is 115 cm³/mol. The van der Waals surface area contributed by atoms with Crippen LogP contribution in [0.3, 0.4) is 0 Å². The summed E-state index contributed by atoms with van der Waals surface area (Å²) in [4.78, 5) is 12.3. The molecule has 0 radical (unpaired) electrons. The van der Waals surface area contributed by atoms with Crippen molar-refractivity contribution in [1.29, 1.82) is 0 Å². The van der Waals surface area contributed by atoms with Gasteiger partial charge in [-0.25, -0.2) is 0 Å². The summed E-state index contributed by atoms with van der Waals surface area (Å²) >= 11 is 0. The second-order valence-electron chi connectivity index (χ2n) is 8.40. The Morgan fingerprint density at radius 1 is 0.889 bits per heavy atom. The number of carbonyl (C=O) groups excluding carboxylic acids is 1. The van der Waals surface area contributed by atoms with Crippen LogP contribution in [0, 0.1) is 11.8 Å². The highest BCUT2D eigenvalue weighted by molar-refractivity contribution is 5.76. The van der Waals surface area contributed by atoms with Gasteiger partial charge in [0.05, 0.1) is 0 Å². The number of hydrogen-bond acceptors (Lipinski definition) is 1. The van der Waals surface area contributed by atoms with E-state index < -0.39 is 0 Å². The standard InChI is InChI=1S/C25H35NO/c1-19(2)10-8-15-25(27)26-18-24(22-12-6-5-7-13-22)23-14-9-11-21(17-23)16-20(3)4/h5-7,9,11-14,17,19-20,24H,8,10,15-16,18H2,1-4H3,(H,26,27). The number of hydrogen-bond donors (Lipinski definition) is 1. The molecule has 0 saturated carbocycles. The summed E-state index contributed by atoms with van der Waals surface area (Å²) in [5, 5.41) is 3.17. The molecule has 2 aromatic rings. The molecule has 0 aliphatic carbocycles. The third kappa shape index (κ3) is 7.58. The van der Waals surface area contributed by atoms with Gasteiger partial charge in [-0.2, -0.15) is 0 Å². The van der Waals surface area contributed by atoms with Crippen LogP contribution in [0.4, 0.5) is 0 Å². The van der Waals surface area contributed by atoms with Gasteiger partial charge in [0.2, 0.25) is 5.91 Å². The van der Waals surface area contributed by atoms with E-state index in [0.29, 0.717) is 24.8 Å². The second-order valence-corrected chi connectivity index (χ2v) is 8.40. The van der Waals surface area contributed by atoms with E-state index >= 15 is 0 Å². The fourth-order valence-electron chi connectivity index (χ4n) is 3.50. The Hall–Kier alpha value is -2.09. The van der Waals surface area contributed by atoms with Crippen LogP contribution in [0.15, 0.2) is 54.6 Å². The van der Waals surface area contributed by atoms with E-state index in [1.54, 1.807) is 0 Å². The van der Waals surface area contributed by atoms with Crippen molar-refractivity contribution in [3.63, 3.8) is 0 Å². The maximum Gasteiger partial charge on any atom is 0.220 e. The molecule has 0 spiro atoms. The summed E-state index contributed by atoms with van der Waals surface area (Å²) in [7, 11) is 0. The summed E-state index contributed by atoms with van der Waals surface area (Å²) in [5.74, 6) is 1.64. The van der Waals surface area contributed by atoms with Gasteiger partial charge in [-0.1, -0.05) is 88.7 Å². The molecule has 0 fully saturated rings. The minimum absolute atomic E-state index is 0.162. The zero-order valence-corrected chi connectivity index (χ0v) is 17.4. The Balaban J connectivity index is 2.10. The van der Waals surface area contributed by atoms with E-state index in [1.807, 2.05) is 6.07 Å². The average Bonchev–Trinajstić information content (AvgIpc) is 2.62. The van der Waals surface area contributed by atoms with Crippen LogP contribution >= 0.6 is 0 Å². The zero-order valence-electron chi connectivity index (χ0n) is 17.4. The van der Waals surface area contributed by atoms with Crippen molar-refractivity contribution in [2.45, 2.75) is 59.3 Å². The third-order valence-electron chi connectivity index (χ3n) is 4.89. The number of nitrogens with one attached hydrogen (secondary N) is 1. The minimum Gasteiger partial charge on any atom is -0.355 e. The Bertz CT molecular complexity index is 690. The molecule has 1 unspecified atom stereocenters. The molecule has 0 saturated heterocycles.